The van der Waals surface area contributed by atoms with Crippen molar-refractivity contribution in [1.29, 1.82) is 0 Å². The summed E-state index contributed by atoms with van der Waals surface area (Å²) in [6, 6.07) is 12.1. The molecular formula is C22H25BrCl2N2O2. The molecule has 0 heterocycles. The van der Waals surface area contributed by atoms with Gasteiger partial charge in [0, 0.05) is 26.6 Å². The topological polar surface area (TPSA) is 49.4 Å². The molecule has 0 bridgehead atoms. The molecule has 2 aromatic carbocycles. The van der Waals surface area contributed by atoms with Crippen molar-refractivity contribution in [1.82, 2.24) is 10.2 Å². The average Bonchev–Trinajstić information content (AvgIpc) is 2.60. The summed E-state index contributed by atoms with van der Waals surface area (Å²) >= 11 is 15.7. The van der Waals surface area contributed by atoms with Crippen molar-refractivity contribution < 1.29 is 9.59 Å². The van der Waals surface area contributed by atoms with Gasteiger partial charge >= 0.3 is 0 Å². The first kappa shape index (κ1) is 23.7. The third-order valence-corrected chi connectivity index (χ3v) is 5.34. The van der Waals surface area contributed by atoms with E-state index in [9.17, 15) is 9.59 Å². The minimum Gasteiger partial charge on any atom is -0.350 e. The van der Waals surface area contributed by atoms with Crippen LogP contribution in [0.5, 0.6) is 0 Å². The smallest absolute Gasteiger partial charge is 0.242 e. The van der Waals surface area contributed by atoms with Gasteiger partial charge in [0.1, 0.15) is 6.04 Å². The number of amides is 2. The number of carbonyl (C=O) groups excluding carboxylic acids is 2. The van der Waals surface area contributed by atoms with Crippen molar-refractivity contribution in [2.45, 2.75) is 52.2 Å². The predicted molar refractivity (Wildman–Crippen MR) is 122 cm³/mol. The fraction of sp³-hybridized carbons (Fsp3) is 0.364. The third kappa shape index (κ3) is 7.32. The highest BCUT2D eigenvalue weighted by molar-refractivity contribution is 9.10. The van der Waals surface area contributed by atoms with Gasteiger partial charge in [-0.1, -0.05) is 57.3 Å². The van der Waals surface area contributed by atoms with Crippen molar-refractivity contribution in [3.63, 3.8) is 0 Å². The maximum Gasteiger partial charge on any atom is 0.242 e. The molecule has 2 amide bonds. The van der Waals surface area contributed by atoms with Gasteiger partial charge < -0.3 is 10.2 Å². The van der Waals surface area contributed by atoms with E-state index in [1.54, 1.807) is 30.0 Å². The zero-order valence-corrected chi connectivity index (χ0v) is 20.0. The number of hydrogen-bond acceptors (Lipinski definition) is 2. The molecule has 0 aliphatic rings. The number of rotatable bonds is 6. The van der Waals surface area contributed by atoms with E-state index in [-0.39, 0.29) is 18.2 Å². The first-order valence-corrected chi connectivity index (χ1v) is 10.8. The Labute approximate surface area is 190 Å². The Kier molecular flexibility index (Phi) is 8.15. The number of carbonyl (C=O) groups is 2. The van der Waals surface area contributed by atoms with E-state index in [2.05, 4.69) is 21.2 Å². The number of hydrogen-bond donors (Lipinski definition) is 1. The summed E-state index contributed by atoms with van der Waals surface area (Å²) in [5.74, 6) is -0.395. The van der Waals surface area contributed by atoms with Crippen LogP contribution in [0.3, 0.4) is 0 Å². The minimum atomic E-state index is -0.646. The highest BCUT2D eigenvalue weighted by Crippen LogP contribution is 2.23. The van der Waals surface area contributed by atoms with Crippen LogP contribution in [0, 0.1) is 0 Å². The molecule has 0 aliphatic carbocycles. The van der Waals surface area contributed by atoms with Gasteiger partial charge in [-0.15, -0.1) is 0 Å². The Morgan fingerprint density at radius 3 is 2.41 bits per heavy atom. The standard InChI is InChI=1S/C22H25BrCl2N2O2/c1-14(21(29)26-22(2,3)4)27(13-15-6-5-7-17(23)10-15)20(28)11-16-8-9-18(24)12-19(16)25/h5-10,12,14H,11,13H2,1-4H3,(H,26,29). The highest BCUT2D eigenvalue weighted by atomic mass is 79.9. The van der Waals surface area contributed by atoms with E-state index in [0.29, 0.717) is 22.2 Å². The molecule has 0 spiro atoms. The quantitative estimate of drug-likeness (QED) is 0.559. The van der Waals surface area contributed by atoms with Gasteiger partial charge in [-0.05, 0) is 63.1 Å². The summed E-state index contributed by atoms with van der Waals surface area (Å²) in [4.78, 5) is 27.5. The second-order valence-corrected chi connectivity index (χ2v) is 9.74. The van der Waals surface area contributed by atoms with E-state index in [0.717, 1.165) is 10.0 Å². The van der Waals surface area contributed by atoms with Crippen molar-refractivity contribution in [3.05, 3.63) is 68.1 Å². The Balaban J connectivity index is 2.29. The van der Waals surface area contributed by atoms with E-state index in [4.69, 9.17) is 23.2 Å². The molecular weight excluding hydrogens is 475 g/mol. The number of nitrogens with one attached hydrogen (secondary N) is 1. The van der Waals surface area contributed by atoms with Crippen LogP contribution in [0.2, 0.25) is 10.0 Å². The van der Waals surface area contributed by atoms with E-state index in [1.807, 2.05) is 45.0 Å². The Morgan fingerprint density at radius 1 is 1.14 bits per heavy atom. The maximum atomic E-state index is 13.2. The maximum absolute atomic E-state index is 13.2. The Hall–Kier alpha value is -1.56. The molecule has 1 atom stereocenters. The molecule has 2 aromatic rings. The summed E-state index contributed by atoms with van der Waals surface area (Å²) in [5, 5.41) is 3.89. The molecule has 4 nitrogen and oxygen atoms in total. The van der Waals surface area contributed by atoms with Gasteiger partial charge in [0.15, 0.2) is 0 Å². The molecule has 0 aromatic heterocycles. The van der Waals surface area contributed by atoms with Crippen LogP contribution in [-0.2, 0) is 22.6 Å². The molecule has 0 fully saturated rings. The molecule has 2 rings (SSSR count). The zero-order chi connectivity index (χ0) is 21.8. The lowest BCUT2D eigenvalue weighted by Crippen LogP contribution is -2.52. The minimum absolute atomic E-state index is 0.0805. The van der Waals surface area contributed by atoms with Crippen LogP contribution in [0.1, 0.15) is 38.8 Å². The molecule has 0 saturated heterocycles. The Morgan fingerprint density at radius 2 is 1.83 bits per heavy atom. The second kappa shape index (κ2) is 9.96. The van der Waals surface area contributed by atoms with Crippen LogP contribution in [0.25, 0.3) is 0 Å². The first-order chi connectivity index (χ1) is 13.5. The number of halogens is 3. The summed E-state index contributed by atoms with van der Waals surface area (Å²) < 4.78 is 0.912. The van der Waals surface area contributed by atoms with E-state index in [1.165, 1.54) is 0 Å². The highest BCUT2D eigenvalue weighted by Gasteiger charge is 2.28. The molecule has 29 heavy (non-hydrogen) atoms. The average molecular weight is 500 g/mol. The lowest BCUT2D eigenvalue weighted by Gasteiger charge is -2.31. The molecule has 1 N–H and O–H groups in total. The van der Waals surface area contributed by atoms with Crippen LogP contribution in [0.4, 0.5) is 0 Å². The SMILES string of the molecule is CC(C(=O)NC(C)(C)C)N(Cc1cccc(Br)c1)C(=O)Cc1ccc(Cl)cc1Cl. The molecule has 7 heteroatoms. The lowest BCUT2D eigenvalue weighted by atomic mass is 10.1. The largest absolute Gasteiger partial charge is 0.350 e. The zero-order valence-electron chi connectivity index (χ0n) is 16.9. The van der Waals surface area contributed by atoms with Gasteiger partial charge in [0.25, 0.3) is 0 Å². The van der Waals surface area contributed by atoms with Crippen molar-refractivity contribution in [2.24, 2.45) is 0 Å². The molecule has 0 saturated carbocycles. The van der Waals surface area contributed by atoms with Crippen molar-refractivity contribution in [2.75, 3.05) is 0 Å². The number of nitrogens with zero attached hydrogens (tertiary/aromatic N) is 1. The predicted octanol–water partition coefficient (Wildman–Crippen LogP) is 5.63. The molecule has 0 aliphatic heterocycles. The van der Waals surface area contributed by atoms with Crippen molar-refractivity contribution in [3.8, 4) is 0 Å². The van der Waals surface area contributed by atoms with E-state index < -0.39 is 11.6 Å². The van der Waals surface area contributed by atoms with Crippen LogP contribution in [0.15, 0.2) is 46.9 Å². The van der Waals surface area contributed by atoms with Gasteiger partial charge in [-0.2, -0.15) is 0 Å². The summed E-state index contributed by atoms with van der Waals surface area (Å²) in [5.41, 5.74) is 1.20. The second-order valence-electron chi connectivity index (χ2n) is 7.98. The fourth-order valence-corrected chi connectivity index (χ4v) is 3.74. The van der Waals surface area contributed by atoms with Crippen LogP contribution < -0.4 is 5.32 Å². The van der Waals surface area contributed by atoms with Gasteiger partial charge in [0.05, 0.1) is 6.42 Å². The third-order valence-electron chi connectivity index (χ3n) is 4.26. The molecule has 156 valence electrons. The van der Waals surface area contributed by atoms with Crippen LogP contribution >= 0.6 is 39.1 Å². The first-order valence-electron chi connectivity index (χ1n) is 9.26. The van der Waals surface area contributed by atoms with Gasteiger partial charge in [-0.25, -0.2) is 0 Å². The molecule has 0 radical (unpaired) electrons. The summed E-state index contributed by atoms with van der Waals surface area (Å²) in [6.07, 6.45) is 0.0805. The normalized spacial score (nSPS) is 12.4. The van der Waals surface area contributed by atoms with Crippen LogP contribution in [-0.4, -0.2) is 28.3 Å². The van der Waals surface area contributed by atoms with Gasteiger partial charge in [0.2, 0.25) is 11.8 Å². The van der Waals surface area contributed by atoms with E-state index >= 15 is 0 Å². The lowest BCUT2D eigenvalue weighted by molar-refractivity contribution is -0.140. The Bertz CT molecular complexity index is 897. The van der Waals surface area contributed by atoms with Crippen molar-refractivity contribution >= 4 is 50.9 Å². The fourth-order valence-electron chi connectivity index (χ4n) is 2.82. The summed E-state index contributed by atoms with van der Waals surface area (Å²) in [6.45, 7) is 7.77. The number of benzene rings is 2. The monoisotopic (exact) mass is 498 g/mol. The summed E-state index contributed by atoms with van der Waals surface area (Å²) in [7, 11) is 0. The molecule has 1 unspecified atom stereocenters. The van der Waals surface area contributed by atoms with Gasteiger partial charge in [-0.3, -0.25) is 9.59 Å².